The first-order valence-electron chi connectivity index (χ1n) is 7.32. The zero-order valence-corrected chi connectivity index (χ0v) is 12.6. The molecule has 3 rings (SSSR count). The molecule has 1 aromatic heterocycles. The van der Waals surface area contributed by atoms with Gasteiger partial charge in [-0.25, -0.2) is 4.98 Å². The molecule has 0 spiro atoms. The third-order valence-corrected chi connectivity index (χ3v) is 3.86. The van der Waals surface area contributed by atoms with Crippen LogP contribution in [0.5, 0.6) is 0 Å². The molecular formula is C18H14N3O3+. The number of amides is 1. The van der Waals surface area contributed by atoms with Crippen LogP contribution in [0.25, 0.3) is 5.76 Å². The van der Waals surface area contributed by atoms with E-state index in [9.17, 15) is 14.7 Å². The van der Waals surface area contributed by atoms with Gasteiger partial charge in [-0.05, 0) is 0 Å². The number of hydrogen-bond acceptors (Lipinski definition) is 4. The van der Waals surface area contributed by atoms with Crippen LogP contribution in [-0.2, 0) is 9.59 Å². The fourth-order valence-electron chi connectivity index (χ4n) is 2.77. The smallest absolute Gasteiger partial charge is 0.296 e. The van der Waals surface area contributed by atoms with Gasteiger partial charge in [0.2, 0.25) is 5.69 Å². The summed E-state index contributed by atoms with van der Waals surface area (Å²) in [6.07, 6.45) is 1.66. The largest absolute Gasteiger partial charge is 0.507 e. The molecule has 1 unspecified atom stereocenters. The van der Waals surface area contributed by atoms with Gasteiger partial charge < -0.3 is 10.0 Å². The number of Topliss-reactive ketones (excluding diaryl/α,β-unsaturated/α-hetero) is 1. The number of carbonyl (C=O) groups excluding carboxylic acids is 2. The highest BCUT2D eigenvalue weighted by molar-refractivity contribution is 6.46. The van der Waals surface area contributed by atoms with E-state index in [0.717, 1.165) is 4.90 Å². The lowest BCUT2D eigenvalue weighted by atomic mass is 9.98. The van der Waals surface area contributed by atoms with Gasteiger partial charge in [0.05, 0.1) is 11.6 Å². The minimum Gasteiger partial charge on any atom is -0.507 e. The second-order valence-corrected chi connectivity index (χ2v) is 5.27. The molecule has 1 aliphatic rings. The summed E-state index contributed by atoms with van der Waals surface area (Å²) in [5.41, 5.74) is 0.960. The van der Waals surface area contributed by atoms with E-state index in [4.69, 9.17) is 5.26 Å². The molecule has 6 nitrogen and oxygen atoms in total. The Hall–Kier alpha value is -3.46. The summed E-state index contributed by atoms with van der Waals surface area (Å²) < 4.78 is 0. The number of likely N-dealkylation sites (tertiary alicyclic amines) is 1. The lowest BCUT2D eigenvalue weighted by molar-refractivity contribution is -0.394. The van der Waals surface area contributed by atoms with Gasteiger partial charge in [0.1, 0.15) is 12.3 Å². The summed E-state index contributed by atoms with van der Waals surface area (Å²) in [5, 5.41) is 19.6. The van der Waals surface area contributed by atoms with Crippen LogP contribution < -0.4 is 4.98 Å². The summed E-state index contributed by atoms with van der Waals surface area (Å²) in [6.45, 7) is -0.246. The van der Waals surface area contributed by atoms with Crippen molar-refractivity contribution < 1.29 is 19.7 Å². The number of rotatable bonds is 3. The number of benzene rings is 1. The Morgan fingerprint density at radius 3 is 2.50 bits per heavy atom. The summed E-state index contributed by atoms with van der Waals surface area (Å²) in [4.78, 5) is 28.9. The molecule has 6 heteroatoms. The molecule has 1 aliphatic heterocycles. The third-order valence-electron chi connectivity index (χ3n) is 3.86. The van der Waals surface area contributed by atoms with Gasteiger partial charge >= 0.3 is 0 Å². The molecule has 2 heterocycles. The van der Waals surface area contributed by atoms with Gasteiger partial charge in [0, 0.05) is 17.7 Å². The number of H-pyrrole nitrogens is 1. The number of nitrogens with zero attached hydrogens (tertiary/aromatic N) is 2. The molecule has 0 aliphatic carbocycles. The van der Waals surface area contributed by atoms with Crippen LogP contribution in [0, 0.1) is 11.3 Å². The lowest BCUT2D eigenvalue weighted by Crippen LogP contribution is -2.32. The van der Waals surface area contributed by atoms with Crippen molar-refractivity contribution >= 4 is 17.4 Å². The normalized spacial score (nSPS) is 19.3. The first-order chi connectivity index (χ1) is 11.6. The van der Waals surface area contributed by atoms with Gasteiger partial charge in [-0.1, -0.05) is 36.4 Å². The van der Waals surface area contributed by atoms with Crippen LogP contribution in [0.3, 0.4) is 0 Å². The van der Waals surface area contributed by atoms with Crippen molar-refractivity contribution in [3.05, 3.63) is 71.6 Å². The fraction of sp³-hybridized carbons (Fsp3) is 0.111. The minimum absolute atomic E-state index is 0.0242. The quantitative estimate of drug-likeness (QED) is 0.401. The second-order valence-electron chi connectivity index (χ2n) is 5.27. The summed E-state index contributed by atoms with van der Waals surface area (Å²) in [6, 6.07) is 14.8. The molecule has 0 saturated carbocycles. The monoisotopic (exact) mass is 320 g/mol. The highest BCUT2D eigenvalue weighted by Gasteiger charge is 2.48. The van der Waals surface area contributed by atoms with E-state index >= 15 is 0 Å². The Balaban J connectivity index is 2.20. The number of hydrogen-bond donors (Lipinski definition) is 1. The Labute approximate surface area is 138 Å². The van der Waals surface area contributed by atoms with Crippen molar-refractivity contribution in [2.45, 2.75) is 6.04 Å². The molecule has 1 amide bonds. The highest BCUT2D eigenvalue weighted by Crippen LogP contribution is 2.37. The van der Waals surface area contributed by atoms with Gasteiger partial charge in [0.15, 0.2) is 12.2 Å². The van der Waals surface area contributed by atoms with Crippen molar-refractivity contribution in [1.29, 1.82) is 5.26 Å². The van der Waals surface area contributed by atoms with Crippen LogP contribution in [0.1, 0.15) is 17.3 Å². The van der Waals surface area contributed by atoms with Crippen LogP contribution in [-0.4, -0.2) is 28.2 Å². The maximum absolute atomic E-state index is 12.5. The zero-order chi connectivity index (χ0) is 17.1. The van der Waals surface area contributed by atoms with E-state index < -0.39 is 17.7 Å². The second kappa shape index (κ2) is 6.34. The van der Waals surface area contributed by atoms with E-state index in [0.29, 0.717) is 11.3 Å². The molecular weight excluding hydrogens is 306 g/mol. The molecule has 2 N–H and O–H groups in total. The van der Waals surface area contributed by atoms with Crippen molar-refractivity contribution in [3.63, 3.8) is 0 Å². The average Bonchev–Trinajstić information content (AvgIpc) is 2.88. The Bertz CT molecular complexity index is 854. The first kappa shape index (κ1) is 15.4. The number of pyridine rings is 1. The number of aromatic amines is 1. The van der Waals surface area contributed by atoms with Gasteiger partial charge in [-0.2, -0.15) is 5.26 Å². The predicted molar refractivity (Wildman–Crippen MR) is 84.1 cm³/mol. The van der Waals surface area contributed by atoms with E-state index in [-0.39, 0.29) is 17.9 Å². The molecule has 24 heavy (non-hydrogen) atoms. The summed E-state index contributed by atoms with van der Waals surface area (Å²) >= 11 is 0. The van der Waals surface area contributed by atoms with Gasteiger partial charge in [-0.15, -0.1) is 0 Å². The van der Waals surface area contributed by atoms with E-state index in [2.05, 4.69) is 4.98 Å². The van der Waals surface area contributed by atoms with Crippen molar-refractivity contribution in [3.8, 4) is 6.07 Å². The Morgan fingerprint density at radius 1 is 1.17 bits per heavy atom. The first-order valence-corrected chi connectivity index (χ1v) is 7.32. The maximum atomic E-state index is 12.5. The summed E-state index contributed by atoms with van der Waals surface area (Å²) in [7, 11) is 0. The lowest BCUT2D eigenvalue weighted by Gasteiger charge is -2.18. The molecule has 1 atom stereocenters. The predicted octanol–water partition coefficient (Wildman–Crippen LogP) is 1.45. The molecule has 1 aromatic carbocycles. The fourth-order valence-corrected chi connectivity index (χ4v) is 2.77. The molecule has 118 valence electrons. The summed E-state index contributed by atoms with van der Waals surface area (Å²) in [5.74, 6) is -1.85. The Morgan fingerprint density at radius 2 is 1.88 bits per heavy atom. The minimum atomic E-state index is -0.828. The van der Waals surface area contributed by atoms with Crippen molar-refractivity contribution in [1.82, 2.24) is 4.90 Å². The number of nitriles is 1. The maximum Gasteiger partial charge on any atom is 0.296 e. The number of ketones is 1. The van der Waals surface area contributed by atoms with Crippen LogP contribution in [0.15, 0.2) is 60.3 Å². The van der Waals surface area contributed by atoms with Gasteiger partial charge in [-0.3, -0.25) is 9.59 Å². The van der Waals surface area contributed by atoms with Crippen LogP contribution in [0.4, 0.5) is 0 Å². The van der Waals surface area contributed by atoms with Crippen molar-refractivity contribution in [2.75, 3.05) is 6.54 Å². The number of aliphatic hydroxyl groups excluding tert-OH is 1. The highest BCUT2D eigenvalue weighted by atomic mass is 16.3. The average molecular weight is 320 g/mol. The number of carbonyl (C=O) groups is 2. The molecule has 1 fully saturated rings. The zero-order valence-electron chi connectivity index (χ0n) is 12.6. The molecule has 0 bridgehead atoms. The number of aliphatic hydroxyl groups is 1. The number of nitrogens with one attached hydrogen (secondary N) is 1. The van der Waals surface area contributed by atoms with E-state index in [1.54, 1.807) is 54.7 Å². The SMILES string of the molecule is N#CCN1C(=O)C(=O)C(=C(O)c2ccccc2)C1c1cccc[nH+]1. The van der Waals surface area contributed by atoms with E-state index in [1.807, 2.05) is 6.07 Å². The van der Waals surface area contributed by atoms with Gasteiger partial charge in [0.25, 0.3) is 11.7 Å². The molecule has 2 aromatic rings. The van der Waals surface area contributed by atoms with Crippen LogP contribution in [0.2, 0.25) is 0 Å². The van der Waals surface area contributed by atoms with Crippen molar-refractivity contribution in [2.24, 2.45) is 0 Å². The standard InChI is InChI=1S/C18H13N3O3/c19-9-11-21-15(13-8-4-5-10-20-13)14(17(23)18(21)24)16(22)12-6-2-1-3-7-12/h1-8,10,15,22H,11H2/p+1. The third kappa shape index (κ3) is 2.52. The Kier molecular flexibility index (Phi) is 4.08. The molecule has 1 saturated heterocycles. The molecule has 0 radical (unpaired) electrons. The van der Waals surface area contributed by atoms with E-state index in [1.165, 1.54) is 0 Å². The van der Waals surface area contributed by atoms with Crippen LogP contribution >= 0.6 is 0 Å². The topological polar surface area (TPSA) is 95.5 Å². The number of aromatic nitrogens is 1.